The van der Waals surface area contributed by atoms with E-state index in [2.05, 4.69) is 10.6 Å². The van der Waals surface area contributed by atoms with Crippen LogP contribution in [0.2, 0.25) is 0 Å². The Morgan fingerprint density at radius 2 is 1.62 bits per heavy atom. The van der Waals surface area contributed by atoms with Gasteiger partial charge in [-0.25, -0.2) is 0 Å². The summed E-state index contributed by atoms with van der Waals surface area (Å²) in [6.07, 6.45) is 1.90. The molecular weight excluding hydrogens is 370 g/mol. The second kappa shape index (κ2) is 7.79. The van der Waals surface area contributed by atoms with Crippen molar-refractivity contribution in [2.45, 2.75) is 19.4 Å². The highest BCUT2D eigenvalue weighted by Gasteiger charge is 2.25. The van der Waals surface area contributed by atoms with Crippen molar-refractivity contribution in [1.82, 2.24) is 4.90 Å². The van der Waals surface area contributed by atoms with Crippen molar-refractivity contribution in [1.29, 1.82) is 0 Å². The number of rotatable bonds is 6. The number of nitrogens with zero attached hydrogens (tertiary/aromatic N) is 1. The van der Waals surface area contributed by atoms with Crippen LogP contribution in [0.3, 0.4) is 0 Å². The van der Waals surface area contributed by atoms with Gasteiger partial charge in [-0.1, -0.05) is 36.4 Å². The minimum Gasteiger partial charge on any atom is -0.505 e. The molecule has 1 amide bonds. The molecule has 0 bridgehead atoms. The molecule has 7 heteroatoms. The van der Waals surface area contributed by atoms with Crippen LogP contribution in [0.25, 0.3) is 0 Å². The molecule has 0 radical (unpaired) electrons. The zero-order valence-corrected chi connectivity index (χ0v) is 15.8. The fourth-order valence-corrected chi connectivity index (χ4v) is 3.51. The van der Waals surface area contributed by atoms with Gasteiger partial charge in [0.2, 0.25) is 0 Å². The van der Waals surface area contributed by atoms with E-state index in [0.717, 1.165) is 18.4 Å². The van der Waals surface area contributed by atoms with Crippen LogP contribution in [0, 0.1) is 0 Å². The Balaban J connectivity index is 1.55. The Labute approximate surface area is 167 Å². The topological polar surface area (TPSA) is 98.7 Å². The number of anilines is 3. The summed E-state index contributed by atoms with van der Waals surface area (Å²) in [4.78, 5) is 38.4. The second-order valence-electron chi connectivity index (χ2n) is 7.07. The van der Waals surface area contributed by atoms with Crippen molar-refractivity contribution in [2.75, 3.05) is 23.7 Å². The van der Waals surface area contributed by atoms with E-state index < -0.39 is 10.9 Å². The fraction of sp³-hybridized carbons (Fsp3) is 0.227. The number of para-hydroxylation sites is 1. The van der Waals surface area contributed by atoms with Gasteiger partial charge < -0.3 is 20.6 Å². The number of nitrogens with one attached hydrogen (secondary N) is 2. The maximum atomic E-state index is 12.6. The van der Waals surface area contributed by atoms with E-state index >= 15 is 0 Å². The molecule has 1 fully saturated rings. The fourth-order valence-electron chi connectivity index (χ4n) is 3.51. The standard InChI is InChI=1S/C22H21N3O4/c26-19-15(22(29)25-11-4-5-12-25)9-6-10-16(19)24-18-17(20(27)21(18)28)23-13-14-7-2-1-3-8-14/h1-3,6-10,23-24,26H,4-5,11-13H2. The van der Waals surface area contributed by atoms with Crippen LogP contribution in [0.15, 0.2) is 58.1 Å². The average Bonchev–Trinajstić information content (AvgIpc) is 3.29. The molecule has 1 saturated heterocycles. The SMILES string of the molecule is O=C(c1cccc(Nc2c(NCc3ccccc3)c(=O)c2=O)c1O)N1CCCC1. The molecule has 0 unspecified atom stereocenters. The van der Waals surface area contributed by atoms with Crippen molar-refractivity contribution in [3.63, 3.8) is 0 Å². The summed E-state index contributed by atoms with van der Waals surface area (Å²) in [7, 11) is 0. The Kier molecular flexibility index (Phi) is 5.03. The third-order valence-corrected chi connectivity index (χ3v) is 5.14. The lowest BCUT2D eigenvalue weighted by Gasteiger charge is -2.19. The van der Waals surface area contributed by atoms with E-state index in [-0.39, 0.29) is 34.3 Å². The molecule has 0 saturated carbocycles. The van der Waals surface area contributed by atoms with E-state index in [1.165, 1.54) is 0 Å². The van der Waals surface area contributed by atoms with Crippen LogP contribution in [0.4, 0.5) is 17.1 Å². The maximum Gasteiger partial charge on any atom is 0.257 e. The number of benzene rings is 2. The first-order chi connectivity index (χ1) is 14.1. The molecule has 3 aromatic rings. The van der Waals surface area contributed by atoms with Gasteiger partial charge in [0, 0.05) is 19.6 Å². The highest BCUT2D eigenvalue weighted by Crippen LogP contribution is 2.32. The number of likely N-dealkylation sites (tertiary alicyclic amines) is 1. The predicted molar refractivity (Wildman–Crippen MR) is 112 cm³/mol. The molecule has 0 atom stereocenters. The van der Waals surface area contributed by atoms with Crippen LogP contribution in [-0.4, -0.2) is 29.0 Å². The molecule has 4 rings (SSSR count). The molecular formula is C22H21N3O4. The Morgan fingerprint density at radius 3 is 2.34 bits per heavy atom. The summed E-state index contributed by atoms with van der Waals surface area (Å²) in [5.41, 5.74) is 0.358. The average molecular weight is 391 g/mol. The summed E-state index contributed by atoms with van der Waals surface area (Å²) < 4.78 is 0. The van der Waals surface area contributed by atoms with Crippen molar-refractivity contribution in [3.8, 4) is 5.75 Å². The van der Waals surface area contributed by atoms with Gasteiger partial charge in [-0.2, -0.15) is 0 Å². The predicted octanol–water partition coefficient (Wildman–Crippen LogP) is 2.58. The molecule has 148 valence electrons. The van der Waals surface area contributed by atoms with E-state index in [1.807, 2.05) is 30.3 Å². The van der Waals surface area contributed by atoms with Gasteiger partial charge in [-0.15, -0.1) is 0 Å². The quantitative estimate of drug-likeness (QED) is 0.441. The Bertz CT molecular complexity index is 1110. The molecule has 7 nitrogen and oxygen atoms in total. The van der Waals surface area contributed by atoms with Crippen LogP contribution in [-0.2, 0) is 6.54 Å². The first-order valence-corrected chi connectivity index (χ1v) is 9.55. The number of phenolic OH excluding ortho intramolecular Hbond substituents is 1. The third kappa shape index (κ3) is 3.59. The van der Waals surface area contributed by atoms with Gasteiger partial charge in [0.15, 0.2) is 5.75 Å². The number of amides is 1. The van der Waals surface area contributed by atoms with Crippen molar-refractivity contribution < 1.29 is 9.90 Å². The minimum atomic E-state index is -0.656. The first-order valence-electron chi connectivity index (χ1n) is 9.55. The van der Waals surface area contributed by atoms with Gasteiger partial charge in [0.05, 0.1) is 11.3 Å². The third-order valence-electron chi connectivity index (χ3n) is 5.14. The lowest BCUT2D eigenvalue weighted by atomic mass is 10.1. The highest BCUT2D eigenvalue weighted by atomic mass is 16.3. The van der Waals surface area contributed by atoms with Crippen LogP contribution >= 0.6 is 0 Å². The van der Waals surface area contributed by atoms with Gasteiger partial charge in [-0.05, 0) is 30.5 Å². The molecule has 0 aromatic heterocycles. The summed E-state index contributed by atoms with van der Waals surface area (Å²) in [5, 5.41) is 16.4. The van der Waals surface area contributed by atoms with E-state index in [0.29, 0.717) is 19.6 Å². The molecule has 3 aromatic carbocycles. The smallest absolute Gasteiger partial charge is 0.257 e. The summed E-state index contributed by atoms with van der Waals surface area (Å²) in [6.45, 7) is 1.73. The maximum absolute atomic E-state index is 12.6. The molecule has 1 heterocycles. The largest absolute Gasteiger partial charge is 0.505 e. The summed E-state index contributed by atoms with van der Waals surface area (Å²) in [6, 6.07) is 14.2. The van der Waals surface area contributed by atoms with Crippen molar-refractivity contribution in [2.24, 2.45) is 0 Å². The normalized spacial score (nSPS) is 13.6. The molecule has 1 aliphatic rings. The lowest BCUT2D eigenvalue weighted by molar-refractivity contribution is 0.0790. The summed E-state index contributed by atoms with van der Waals surface area (Å²) in [5.74, 6) is -0.470. The zero-order chi connectivity index (χ0) is 20.4. The van der Waals surface area contributed by atoms with Crippen molar-refractivity contribution >= 4 is 23.0 Å². The van der Waals surface area contributed by atoms with Gasteiger partial charge in [0.1, 0.15) is 11.4 Å². The van der Waals surface area contributed by atoms with Gasteiger partial charge in [-0.3, -0.25) is 14.4 Å². The first kappa shape index (κ1) is 18.7. The van der Waals surface area contributed by atoms with Gasteiger partial charge >= 0.3 is 0 Å². The highest BCUT2D eigenvalue weighted by molar-refractivity contribution is 5.99. The number of carbonyl (C=O) groups excluding carboxylic acids is 1. The number of phenols is 1. The van der Waals surface area contributed by atoms with Crippen LogP contribution in [0.5, 0.6) is 5.75 Å². The lowest BCUT2D eigenvalue weighted by Crippen LogP contribution is -2.36. The minimum absolute atomic E-state index is 0.0898. The second-order valence-corrected chi connectivity index (χ2v) is 7.07. The molecule has 1 aliphatic heterocycles. The molecule has 29 heavy (non-hydrogen) atoms. The summed E-state index contributed by atoms with van der Waals surface area (Å²) >= 11 is 0. The van der Waals surface area contributed by atoms with Crippen LogP contribution in [0.1, 0.15) is 28.8 Å². The van der Waals surface area contributed by atoms with E-state index in [9.17, 15) is 19.5 Å². The number of hydrogen-bond acceptors (Lipinski definition) is 6. The van der Waals surface area contributed by atoms with E-state index in [1.54, 1.807) is 23.1 Å². The Hall–Kier alpha value is -3.61. The van der Waals surface area contributed by atoms with Gasteiger partial charge in [0.25, 0.3) is 16.8 Å². The monoisotopic (exact) mass is 391 g/mol. The van der Waals surface area contributed by atoms with E-state index in [4.69, 9.17) is 0 Å². The number of hydrogen-bond donors (Lipinski definition) is 3. The number of carbonyl (C=O) groups is 1. The molecule has 0 aliphatic carbocycles. The zero-order valence-electron chi connectivity index (χ0n) is 15.8. The molecule has 3 N–H and O–H groups in total. The Morgan fingerprint density at radius 1 is 0.931 bits per heavy atom. The number of aromatic hydroxyl groups is 1. The van der Waals surface area contributed by atoms with Crippen LogP contribution < -0.4 is 21.5 Å². The van der Waals surface area contributed by atoms with Crippen molar-refractivity contribution in [3.05, 3.63) is 80.1 Å². The molecule has 0 spiro atoms.